The smallest absolute Gasteiger partial charge is 0.256 e. The molecule has 1 rings (SSSR count). The quantitative estimate of drug-likeness (QED) is 0.874. The average molecular weight is 285 g/mol. The maximum Gasteiger partial charge on any atom is 0.256 e. The Kier molecular flexibility index (Phi) is 5.20. The number of aliphatic hydroxyl groups excluding tert-OH is 1. The number of halogens is 1. The fourth-order valence-electron chi connectivity index (χ4n) is 1.60. The van der Waals surface area contributed by atoms with Crippen LogP contribution in [0, 0.1) is 0 Å². The van der Waals surface area contributed by atoms with E-state index < -0.39 is 5.54 Å². The van der Waals surface area contributed by atoms with Gasteiger partial charge in [0, 0.05) is 24.3 Å². The highest BCUT2D eigenvalue weighted by Gasteiger charge is 2.28. The lowest BCUT2D eigenvalue weighted by Crippen LogP contribution is -2.47. The molecule has 0 aliphatic heterocycles. The Labute approximate surface area is 119 Å². The van der Waals surface area contributed by atoms with Crippen LogP contribution in [0.15, 0.2) is 18.2 Å². The molecule has 4 nitrogen and oxygen atoms in total. The molecule has 1 amide bonds. The Morgan fingerprint density at radius 1 is 1.47 bits per heavy atom. The standard InChI is InChI=1S/C14H21ClN2O2/c1-5-16-12-7-6-10(15)8-11(12)13(19)17(4)14(2,3)9-18/h6-8,16,18H,5,9H2,1-4H3. The van der Waals surface area contributed by atoms with Gasteiger partial charge in [0.15, 0.2) is 0 Å². The number of rotatable bonds is 5. The second-order valence-corrected chi connectivity index (χ2v) is 5.49. The summed E-state index contributed by atoms with van der Waals surface area (Å²) in [6, 6.07) is 5.18. The van der Waals surface area contributed by atoms with Gasteiger partial charge in [-0.3, -0.25) is 4.79 Å². The second-order valence-electron chi connectivity index (χ2n) is 5.05. The molecular formula is C14H21ClN2O2. The number of carbonyl (C=O) groups excluding carboxylic acids is 1. The van der Waals surface area contributed by atoms with Crippen LogP contribution in [0.1, 0.15) is 31.1 Å². The first-order valence-corrected chi connectivity index (χ1v) is 6.63. The van der Waals surface area contributed by atoms with Crippen LogP contribution in [-0.4, -0.2) is 41.7 Å². The number of aliphatic hydroxyl groups is 1. The lowest BCUT2D eigenvalue weighted by atomic mass is 10.0. The van der Waals surface area contributed by atoms with E-state index >= 15 is 0 Å². The van der Waals surface area contributed by atoms with Gasteiger partial charge in [-0.25, -0.2) is 0 Å². The van der Waals surface area contributed by atoms with Crippen molar-refractivity contribution in [2.24, 2.45) is 0 Å². The van der Waals surface area contributed by atoms with Crippen molar-refractivity contribution < 1.29 is 9.90 Å². The van der Waals surface area contributed by atoms with Gasteiger partial charge >= 0.3 is 0 Å². The third-order valence-electron chi connectivity index (χ3n) is 3.18. The van der Waals surface area contributed by atoms with E-state index in [0.29, 0.717) is 10.6 Å². The molecule has 0 saturated carbocycles. The number of likely N-dealkylation sites (N-methyl/N-ethyl adjacent to an activating group) is 1. The number of amides is 1. The minimum Gasteiger partial charge on any atom is -0.394 e. The number of anilines is 1. The number of benzene rings is 1. The zero-order chi connectivity index (χ0) is 14.6. The molecule has 1 aromatic rings. The van der Waals surface area contributed by atoms with Gasteiger partial charge in [-0.2, -0.15) is 0 Å². The van der Waals surface area contributed by atoms with Gasteiger partial charge in [0.2, 0.25) is 0 Å². The summed E-state index contributed by atoms with van der Waals surface area (Å²) < 4.78 is 0. The predicted molar refractivity (Wildman–Crippen MR) is 78.9 cm³/mol. The highest BCUT2D eigenvalue weighted by molar-refractivity contribution is 6.31. The maximum atomic E-state index is 12.5. The van der Waals surface area contributed by atoms with Gasteiger partial charge in [0.05, 0.1) is 17.7 Å². The van der Waals surface area contributed by atoms with E-state index in [1.807, 2.05) is 20.8 Å². The molecule has 0 fully saturated rings. The fraction of sp³-hybridized carbons (Fsp3) is 0.500. The molecular weight excluding hydrogens is 264 g/mol. The molecule has 0 bridgehead atoms. The highest BCUT2D eigenvalue weighted by Crippen LogP contribution is 2.24. The molecule has 0 aliphatic carbocycles. The van der Waals surface area contributed by atoms with Crippen LogP contribution in [0.25, 0.3) is 0 Å². The molecule has 1 aromatic carbocycles. The molecule has 0 spiro atoms. The zero-order valence-corrected chi connectivity index (χ0v) is 12.6. The Morgan fingerprint density at radius 2 is 2.11 bits per heavy atom. The Hall–Kier alpha value is -1.26. The monoisotopic (exact) mass is 284 g/mol. The lowest BCUT2D eigenvalue weighted by molar-refractivity contribution is 0.0474. The van der Waals surface area contributed by atoms with Crippen molar-refractivity contribution >= 4 is 23.2 Å². The summed E-state index contributed by atoms with van der Waals surface area (Å²) in [7, 11) is 1.68. The fourth-order valence-corrected chi connectivity index (χ4v) is 1.77. The van der Waals surface area contributed by atoms with E-state index in [1.165, 1.54) is 4.90 Å². The summed E-state index contributed by atoms with van der Waals surface area (Å²) in [5, 5.41) is 13.0. The van der Waals surface area contributed by atoms with Gasteiger partial charge < -0.3 is 15.3 Å². The summed E-state index contributed by atoms with van der Waals surface area (Å²) in [6.45, 7) is 6.19. The molecule has 19 heavy (non-hydrogen) atoms. The summed E-state index contributed by atoms with van der Waals surface area (Å²) in [4.78, 5) is 14.0. The molecule has 5 heteroatoms. The third kappa shape index (κ3) is 3.61. The average Bonchev–Trinajstić information content (AvgIpc) is 2.39. The van der Waals surface area contributed by atoms with Gasteiger partial charge in [-0.15, -0.1) is 0 Å². The van der Waals surface area contributed by atoms with Crippen LogP contribution in [-0.2, 0) is 0 Å². The number of nitrogens with one attached hydrogen (secondary N) is 1. The molecule has 0 unspecified atom stereocenters. The van der Waals surface area contributed by atoms with Gasteiger partial charge in [0.25, 0.3) is 5.91 Å². The summed E-state index contributed by atoms with van der Waals surface area (Å²) in [6.07, 6.45) is 0. The molecule has 0 radical (unpaired) electrons. The largest absolute Gasteiger partial charge is 0.394 e. The first kappa shape index (κ1) is 15.8. The van der Waals surface area contributed by atoms with E-state index in [1.54, 1.807) is 25.2 Å². The SMILES string of the molecule is CCNc1ccc(Cl)cc1C(=O)N(C)C(C)(C)CO. The Balaban J connectivity index is 3.14. The topological polar surface area (TPSA) is 52.6 Å². The van der Waals surface area contributed by atoms with Crippen LogP contribution in [0.5, 0.6) is 0 Å². The molecule has 0 heterocycles. The number of carbonyl (C=O) groups is 1. The van der Waals surface area contributed by atoms with Crippen molar-refractivity contribution in [3.63, 3.8) is 0 Å². The van der Waals surface area contributed by atoms with Gasteiger partial charge in [-0.1, -0.05) is 11.6 Å². The zero-order valence-electron chi connectivity index (χ0n) is 11.8. The molecule has 0 aromatic heterocycles. The van der Waals surface area contributed by atoms with Crippen LogP contribution in [0.2, 0.25) is 5.02 Å². The normalized spacial score (nSPS) is 11.3. The summed E-state index contributed by atoms with van der Waals surface area (Å²) >= 11 is 5.97. The highest BCUT2D eigenvalue weighted by atomic mass is 35.5. The second kappa shape index (κ2) is 6.26. The molecule has 0 atom stereocenters. The van der Waals surface area contributed by atoms with Crippen LogP contribution in [0.4, 0.5) is 5.69 Å². The van der Waals surface area contributed by atoms with Crippen molar-refractivity contribution in [1.82, 2.24) is 4.90 Å². The van der Waals surface area contributed by atoms with Crippen molar-refractivity contribution in [2.75, 3.05) is 25.5 Å². The molecule has 2 N–H and O–H groups in total. The third-order valence-corrected chi connectivity index (χ3v) is 3.41. The maximum absolute atomic E-state index is 12.5. The van der Waals surface area contributed by atoms with Crippen LogP contribution in [0.3, 0.4) is 0 Å². The number of hydrogen-bond donors (Lipinski definition) is 2. The lowest BCUT2D eigenvalue weighted by Gasteiger charge is -2.34. The first-order valence-electron chi connectivity index (χ1n) is 6.26. The Bertz CT molecular complexity index is 461. The van der Waals surface area contributed by atoms with Crippen molar-refractivity contribution in [2.45, 2.75) is 26.3 Å². The van der Waals surface area contributed by atoms with Gasteiger partial charge in [-0.05, 0) is 39.0 Å². The van der Waals surface area contributed by atoms with E-state index in [9.17, 15) is 9.90 Å². The van der Waals surface area contributed by atoms with E-state index in [0.717, 1.165) is 12.2 Å². The minimum absolute atomic E-state index is 0.105. The van der Waals surface area contributed by atoms with Crippen molar-refractivity contribution in [3.8, 4) is 0 Å². The minimum atomic E-state index is -0.622. The van der Waals surface area contributed by atoms with Crippen molar-refractivity contribution in [1.29, 1.82) is 0 Å². The van der Waals surface area contributed by atoms with E-state index in [-0.39, 0.29) is 12.5 Å². The predicted octanol–water partition coefficient (Wildman–Crippen LogP) is 2.61. The van der Waals surface area contributed by atoms with E-state index in [4.69, 9.17) is 11.6 Å². The number of hydrogen-bond acceptors (Lipinski definition) is 3. The summed E-state index contributed by atoms with van der Waals surface area (Å²) in [5.74, 6) is -0.169. The van der Waals surface area contributed by atoms with Crippen molar-refractivity contribution in [3.05, 3.63) is 28.8 Å². The number of nitrogens with zero attached hydrogens (tertiary/aromatic N) is 1. The van der Waals surface area contributed by atoms with Crippen LogP contribution < -0.4 is 5.32 Å². The van der Waals surface area contributed by atoms with Crippen LogP contribution >= 0.6 is 11.6 Å². The molecule has 106 valence electrons. The van der Waals surface area contributed by atoms with Gasteiger partial charge in [0.1, 0.15) is 0 Å². The van der Waals surface area contributed by atoms with E-state index in [2.05, 4.69) is 5.32 Å². The molecule has 0 aliphatic rings. The first-order chi connectivity index (χ1) is 8.83. The summed E-state index contributed by atoms with van der Waals surface area (Å²) in [5.41, 5.74) is 0.638. The molecule has 0 saturated heterocycles. The Morgan fingerprint density at radius 3 is 2.63 bits per heavy atom.